The molecule has 26 heavy (non-hydrogen) atoms. The standard InChI is InChI=1S/C23H25NO2/c1-18(2)26-21-12-8-11-20(15-21)16-24-22-13-6-7-14-23(22)25-17-19-9-4-3-5-10-19/h3-15,18,24H,16-17H2,1-2H3. The third-order valence-electron chi connectivity index (χ3n) is 3.88. The van der Waals surface area contributed by atoms with Gasteiger partial charge in [-0.2, -0.15) is 0 Å². The van der Waals surface area contributed by atoms with Gasteiger partial charge in [0.1, 0.15) is 18.1 Å². The van der Waals surface area contributed by atoms with Crippen molar-refractivity contribution < 1.29 is 9.47 Å². The molecule has 0 bridgehead atoms. The Labute approximate surface area is 155 Å². The quantitative estimate of drug-likeness (QED) is 0.570. The highest BCUT2D eigenvalue weighted by Gasteiger charge is 2.04. The average Bonchev–Trinajstić information content (AvgIpc) is 2.66. The summed E-state index contributed by atoms with van der Waals surface area (Å²) in [6.45, 7) is 5.33. The maximum atomic E-state index is 6.00. The Kier molecular flexibility index (Phi) is 6.15. The molecular weight excluding hydrogens is 322 g/mol. The van der Waals surface area contributed by atoms with Gasteiger partial charge in [-0.1, -0.05) is 54.6 Å². The zero-order valence-electron chi connectivity index (χ0n) is 15.3. The number of ether oxygens (including phenoxy) is 2. The van der Waals surface area contributed by atoms with Crippen LogP contribution >= 0.6 is 0 Å². The van der Waals surface area contributed by atoms with Crippen molar-refractivity contribution in [3.8, 4) is 11.5 Å². The lowest BCUT2D eigenvalue weighted by atomic mass is 10.2. The summed E-state index contributed by atoms with van der Waals surface area (Å²) in [6, 6.07) is 26.4. The van der Waals surface area contributed by atoms with Crippen LogP contribution in [0, 0.1) is 0 Å². The third-order valence-corrected chi connectivity index (χ3v) is 3.88. The van der Waals surface area contributed by atoms with E-state index in [4.69, 9.17) is 9.47 Å². The highest BCUT2D eigenvalue weighted by atomic mass is 16.5. The molecule has 0 fully saturated rings. The van der Waals surface area contributed by atoms with E-state index in [1.807, 2.05) is 68.4 Å². The largest absolute Gasteiger partial charge is 0.491 e. The number of anilines is 1. The van der Waals surface area contributed by atoms with Gasteiger partial charge in [-0.3, -0.25) is 0 Å². The van der Waals surface area contributed by atoms with Crippen LogP contribution in [0.1, 0.15) is 25.0 Å². The fraction of sp³-hybridized carbons (Fsp3) is 0.217. The predicted molar refractivity (Wildman–Crippen MR) is 107 cm³/mol. The molecule has 0 atom stereocenters. The van der Waals surface area contributed by atoms with E-state index in [-0.39, 0.29) is 6.10 Å². The van der Waals surface area contributed by atoms with Gasteiger partial charge in [0.2, 0.25) is 0 Å². The van der Waals surface area contributed by atoms with E-state index in [0.717, 1.165) is 22.7 Å². The molecule has 3 aromatic rings. The minimum atomic E-state index is 0.172. The van der Waals surface area contributed by atoms with Crippen LogP contribution in [0.15, 0.2) is 78.9 Å². The summed E-state index contributed by atoms with van der Waals surface area (Å²) in [5.74, 6) is 1.75. The van der Waals surface area contributed by atoms with Gasteiger partial charge >= 0.3 is 0 Å². The second-order valence-electron chi connectivity index (χ2n) is 6.44. The van der Waals surface area contributed by atoms with E-state index < -0.39 is 0 Å². The van der Waals surface area contributed by atoms with Crippen LogP contribution in [0.2, 0.25) is 0 Å². The summed E-state index contributed by atoms with van der Waals surface area (Å²) in [4.78, 5) is 0. The normalized spacial score (nSPS) is 10.6. The summed E-state index contributed by atoms with van der Waals surface area (Å²) >= 11 is 0. The van der Waals surface area contributed by atoms with Gasteiger partial charge in [0.05, 0.1) is 11.8 Å². The monoisotopic (exact) mass is 347 g/mol. The van der Waals surface area contributed by atoms with Crippen LogP contribution in [0.5, 0.6) is 11.5 Å². The van der Waals surface area contributed by atoms with Crippen molar-refractivity contribution in [1.82, 2.24) is 0 Å². The van der Waals surface area contributed by atoms with Crippen molar-refractivity contribution in [2.75, 3.05) is 5.32 Å². The van der Waals surface area contributed by atoms with Crippen LogP contribution in [-0.2, 0) is 13.2 Å². The van der Waals surface area contributed by atoms with E-state index >= 15 is 0 Å². The third kappa shape index (κ3) is 5.28. The Hall–Kier alpha value is -2.94. The molecule has 0 saturated heterocycles. The first kappa shape index (κ1) is 17.9. The first-order chi connectivity index (χ1) is 12.7. The summed E-state index contributed by atoms with van der Waals surface area (Å²) in [5, 5.41) is 3.47. The molecule has 0 aliphatic rings. The topological polar surface area (TPSA) is 30.5 Å². The van der Waals surface area contributed by atoms with Gasteiger partial charge in [-0.15, -0.1) is 0 Å². The van der Waals surface area contributed by atoms with Gasteiger partial charge in [0.25, 0.3) is 0 Å². The number of nitrogens with one attached hydrogen (secondary N) is 1. The van der Waals surface area contributed by atoms with Crippen LogP contribution in [0.25, 0.3) is 0 Å². The minimum absolute atomic E-state index is 0.172. The molecular formula is C23H25NO2. The lowest BCUT2D eigenvalue weighted by Gasteiger charge is -2.14. The molecule has 3 nitrogen and oxygen atoms in total. The van der Waals surface area contributed by atoms with Gasteiger partial charge in [-0.25, -0.2) is 0 Å². The molecule has 0 aliphatic carbocycles. The average molecular weight is 347 g/mol. The first-order valence-electron chi connectivity index (χ1n) is 8.96. The Morgan fingerprint density at radius 2 is 1.54 bits per heavy atom. The van der Waals surface area contributed by atoms with E-state index in [1.54, 1.807) is 0 Å². The van der Waals surface area contributed by atoms with E-state index in [2.05, 4.69) is 29.6 Å². The predicted octanol–water partition coefficient (Wildman–Crippen LogP) is 5.66. The van der Waals surface area contributed by atoms with Crippen LogP contribution in [0.3, 0.4) is 0 Å². The molecule has 3 heteroatoms. The molecule has 0 aromatic heterocycles. The second kappa shape index (κ2) is 8.95. The molecule has 3 rings (SSSR count). The number of hydrogen-bond donors (Lipinski definition) is 1. The van der Waals surface area contributed by atoms with E-state index in [9.17, 15) is 0 Å². The van der Waals surface area contributed by atoms with Crippen molar-refractivity contribution >= 4 is 5.69 Å². The smallest absolute Gasteiger partial charge is 0.142 e. The Balaban J connectivity index is 1.63. The SMILES string of the molecule is CC(C)Oc1cccc(CNc2ccccc2OCc2ccccc2)c1. The fourth-order valence-corrected chi connectivity index (χ4v) is 2.67. The molecule has 3 aromatic carbocycles. The summed E-state index contributed by atoms with van der Waals surface area (Å²) < 4.78 is 11.8. The number of rotatable bonds is 8. The van der Waals surface area contributed by atoms with E-state index in [0.29, 0.717) is 13.2 Å². The number of para-hydroxylation sites is 2. The molecule has 0 aliphatic heterocycles. The first-order valence-corrected chi connectivity index (χ1v) is 8.96. The molecule has 0 amide bonds. The van der Waals surface area contributed by atoms with Crippen molar-refractivity contribution in [3.63, 3.8) is 0 Å². The van der Waals surface area contributed by atoms with Crippen LogP contribution < -0.4 is 14.8 Å². The summed E-state index contributed by atoms with van der Waals surface area (Å²) in [6.07, 6.45) is 0.172. The highest BCUT2D eigenvalue weighted by Crippen LogP contribution is 2.26. The Morgan fingerprint density at radius 3 is 2.35 bits per heavy atom. The molecule has 0 radical (unpaired) electrons. The number of hydrogen-bond acceptors (Lipinski definition) is 3. The second-order valence-corrected chi connectivity index (χ2v) is 6.44. The minimum Gasteiger partial charge on any atom is -0.491 e. The van der Waals surface area contributed by atoms with Gasteiger partial charge in [-0.05, 0) is 49.2 Å². The molecule has 0 unspecified atom stereocenters. The van der Waals surface area contributed by atoms with Crippen molar-refractivity contribution in [2.24, 2.45) is 0 Å². The maximum Gasteiger partial charge on any atom is 0.142 e. The lowest BCUT2D eigenvalue weighted by Crippen LogP contribution is -2.06. The zero-order valence-corrected chi connectivity index (χ0v) is 15.3. The summed E-state index contributed by atoms with van der Waals surface area (Å²) in [5.41, 5.74) is 3.31. The Morgan fingerprint density at radius 1 is 0.808 bits per heavy atom. The van der Waals surface area contributed by atoms with Gasteiger partial charge < -0.3 is 14.8 Å². The van der Waals surface area contributed by atoms with E-state index in [1.165, 1.54) is 5.56 Å². The lowest BCUT2D eigenvalue weighted by molar-refractivity contribution is 0.242. The fourth-order valence-electron chi connectivity index (χ4n) is 2.67. The molecule has 0 heterocycles. The highest BCUT2D eigenvalue weighted by molar-refractivity contribution is 5.56. The Bertz CT molecular complexity index is 815. The molecule has 1 N–H and O–H groups in total. The summed E-state index contributed by atoms with van der Waals surface area (Å²) in [7, 11) is 0. The number of benzene rings is 3. The van der Waals surface area contributed by atoms with Crippen molar-refractivity contribution in [3.05, 3.63) is 90.0 Å². The molecule has 0 saturated carbocycles. The van der Waals surface area contributed by atoms with Gasteiger partial charge in [0, 0.05) is 6.54 Å². The van der Waals surface area contributed by atoms with Crippen LogP contribution in [-0.4, -0.2) is 6.10 Å². The van der Waals surface area contributed by atoms with Crippen LogP contribution in [0.4, 0.5) is 5.69 Å². The maximum absolute atomic E-state index is 6.00. The molecule has 134 valence electrons. The van der Waals surface area contributed by atoms with Crippen molar-refractivity contribution in [1.29, 1.82) is 0 Å². The molecule has 0 spiro atoms. The zero-order chi connectivity index (χ0) is 18.2. The van der Waals surface area contributed by atoms with Gasteiger partial charge in [0.15, 0.2) is 0 Å². The van der Waals surface area contributed by atoms with Crippen molar-refractivity contribution in [2.45, 2.75) is 33.1 Å².